The second kappa shape index (κ2) is 6.58. The summed E-state index contributed by atoms with van der Waals surface area (Å²) in [5.41, 5.74) is 1.51. The number of hydrogen-bond acceptors (Lipinski definition) is 5. The zero-order chi connectivity index (χ0) is 15.5. The van der Waals surface area contributed by atoms with Gasteiger partial charge in [-0.2, -0.15) is 0 Å². The summed E-state index contributed by atoms with van der Waals surface area (Å²) in [5, 5.41) is 3.90. The number of pyridine rings is 1. The lowest BCUT2D eigenvalue weighted by Crippen LogP contribution is -2.48. The van der Waals surface area contributed by atoms with Crippen LogP contribution in [-0.2, 0) is 6.54 Å². The number of carbonyl (C=O) groups is 1. The van der Waals surface area contributed by atoms with E-state index < -0.39 is 0 Å². The summed E-state index contributed by atoms with van der Waals surface area (Å²) in [7, 11) is 0. The molecule has 1 aliphatic heterocycles. The number of rotatable bonds is 3. The molecule has 0 N–H and O–H groups in total. The fourth-order valence-corrected chi connectivity index (χ4v) is 2.90. The molecule has 0 unspecified atom stereocenters. The Kier molecular flexibility index (Phi) is 4.54. The van der Waals surface area contributed by atoms with Gasteiger partial charge in [0.1, 0.15) is 0 Å². The first-order valence-electron chi connectivity index (χ1n) is 7.16. The minimum absolute atomic E-state index is 0.0314. The smallest absolute Gasteiger partial charge is 0.255 e. The molecule has 0 saturated carbocycles. The Morgan fingerprint density at radius 3 is 2.68 bits per heavy atom. The highest BCUT2D eigenvalue weighted by atomic mass is 79.9. The van der Waals surface area contributed by atoms with Crippen molar-refractivity contribution in [3.05, 3.63) is 46.0 Å². The van der Waals surface area contributed by atoms with E-state index >= 15 is 0 Å². The van der Waals surface area contributed by atoms with Gasteiger partial charge in [-0.05, 0) is 28.9 Å². The second-order valence-corrected chi connectivity index (χ2v) is 6.31. The first-order chi connectivity index (χ1) is 10.6. The van der Waals surface area contributed by atoms with Crippen LogP contribution in [0.1, 0.15) is 21.8 Å². The van der Waals surface area contributed by atoms with E-state index in [1.165, 1.54) is 0 Å². The molecule has 1 fully saturated rings. The highest BCUT2D eigenvalue weighted by Crippen LogP contribution is 2.14. The summed E-state index contributed by atoms with van der Waals surface area (Å²) >= 11 is 3.35. The summed E-state index contributed by atoms with van der Waals surface area (Å²) in [5.74, 6) is 0.900. The van der Waals surface area contributed by atoms with E-state index in [-0.39, 0.29) is 5.91 Å². The van der Waals surface area contributed by atoms with Crippen molar-refractivity contribution in [2.45, 2.75) is 13.5 Å². The van der Waals surface area contributed by atoms with Crippen LogP contribution >= 0.6 is 15.9 Å². The highest BCUT2D eigenvalue weighted by Gasteiger charge is 2.23. The molecule has 3 heterocycles. The van der Waals surface area contributed by atoms with Gasteiger partial charge >= 0.3 is 0 Å². The Balaban J connectivity index is 1.56. The lowest BCUT2D eigenvalue weighted by atomic mass is 10.2. The van der Waals surface area contributed by atoms with Crippen LogP contribution in [0.15, 0.2) is 33.5 Å². The average Bonchev–Trinajstić information content (AvgIpc) is 2.92. The largest absolute Gasteiger partial charge is 0.360 e. The predicted molar refractivity (Wildman–Crippen MR) is 84.4 cm³/mol. The summed E-state index contributed by atoms with van der Waals surface area (Å²) in [6, 6.07) is 3.75. The standard InChI is InChI=1S/C15H17BrN4O2/c1-11-6-14(22-18-11)10-19-2-4-20(5-3-19)15(21)12-7-13(16)9-17-8-12/h6-9H,2-5,10H2,1H3. The minimum Gasteiger partial charge on any atom is -0.360 e. The number of carbonyl (C=O) groups excluding carboxylic acids is 1. The number of halogens is 1. The molecule has 6 nitrogen and oxygen atoms in total. The maximum Gasteiger partial charge on any atom is 0.255 e. The third kappa shape index (κ3) is 3.53. The van der Waals surface area contributed by atoms with Crippen molar-refractivity contribution < 1.29 is 9.32 Å². The molecule has 0 atom stereocenters. The predicted octanol–water partition coefficient (Wildman–Crippen LogP) is 2.10. The van der Waals surface area contributed by atoms with Crippen molar-refractivity contribution in [2.24, 2.45) is 0 Å². The van der Waals surface area contributed by atoms with E-state index in [1.54, 1.807) is 18.5 Å². The first-order valence-corrected chi connectivity index (χ1v) is 7.95. The van der Waals surface area contributed by atoms with Gasteiger partial charge in [0, 0.05) is 49.1 Å². The van der Waals surface area contributed by atoms with Crippen LogP contribution in [0.4, 0.5) is 0 Å². The molecule has 2 aromatic heterocycles. The number of nitrogens with zero attached hydrogens (tertiary/aromatic N) is 4. The van der Waals surface area contributed by atoms with Gasteiger partial charge in [-0.1, -0.05) is 5.16 Å². The molecule has 116 valence electrons. The molecule has 0 bridgehead atoms. The number of amides is 1. The molecule has 0 spiro atoms. The fourth-order valence-electron chi connectivity index (χ4n) is 2.53. The van der Waals surface area contributed by atoms with Gasteiger partial charge in [0.25, 0.3) is 5.91 Å². The first kappa shape index (κ1) is 15.2. The highest BCUT2D eigenvalue weighted by molar-refractivity contribution is 9.10. The Labute approximate surface area is 137 Å². The number of piperazine rings is 1. The van der Waals surface area contributed by atoms with Crippen LogP contribution in [0.3, 0.4) is 0 Å². The van der Waals surface area contributed by atoms with Crippen molar-refractivity contribution in [1.29, 1.82) is 0 Å². The van der Waals surface area contributed by atoms with Gasteiger partial charge in [-0.3, -0.25) is 14.7 Å². The van der Waals surface area contributed by atoms with Crippen LogP contribution in [-0.4, -0.2) is 52.0 Å². The molecule has 0 radical (unpaired) electrons. The van der Waals surface area contributed by atoms with Crippen LogP contribution in [0.25, 0.3) is 0 Å². The Bertz CT molecular complexity index is 665. The monoisotopic (exact) mass is 364 g/mol. The lowest BCUT2D eigenvalue weighted by molar-refractivity contribution is 0.0617. The van der Waals surface area contributed by atoms with Gasteiger partial charge in [0.2, 0.25) is 0 Å². The molecule has 2 aromatic rings. The van der Waals surface area contributed by atoms with Gasteiger partial charge in [-0.15, -0.1) is 0 Å². The van der Waals surface area contributed by atoms with Crippen LogP contribution in [0.2, 0.25) is 0 Å². The number of aromatic nitrogens is 2. The summed E-state index contributed by atoms with van der Waals surface area (Å²) in [4.78, 5) is 20.6. The zero-order valence-electron chi connectivity index (χ0n) is 12.3. The molecule has 1 saturated heterocycles. The van der Waals surface area contributed by atoms with E-state index in [4.69, 9.17) is 4.52 Å². The topological polar surface area (TPSA) is 62.5 Å². The Morgan fingerprint density at radius 1 is 1.27 bits per heavy atom. The van der Waals surface area contributed by atoms with Crippen molar-refractivity contribution >= 4 is 21.8 Å². The Hall–Kier alpha value is -1.73. The SMILES string of the molecule is Cc1cc(CN2CCN(C(=O)c3cncc(Br)c3)CC2)on1. The molecule has 0 aromatic carbocycles. The van der Waals surface area contributed by atoms with Gasteiger partial charge in [0.15, 0.2) is 5.76 Å². The maximum atomic E-state index is 12.4. The molecule has 1 aliphatic rings. The van der Waals surface area contributed by atoms with E-state index in [2.05, 4.69) is 31.0 Å². The quantitative estimate of drug-likeness (QED) is 0.834. The van der Waals surface area contributed by atoms with E-state index in [0.717, 1.165) is 35.6 Å². The molecule has 7 heteroatoms. The van der Waals surface area contributed by atoms with Crippen LogP contribution in [0, 0.1) is 6.92 Å². The zero-order valence-corrected chi connectivity index (χ0v) is 13.9. The molecular formula is C15H17BrN4O2. The fraction of sp³-hybridized carbons (Fsp3) is 0.400. The van der Waals surface area contributed by atoms with Crippen molar-refractivity contribution in [1.82, 2.24) is 19.9 Å². The summed E-state index contributed by atoms with van der Waals surface area (Å²) < 4.78 is 6.06. The molecule has 0 aliphatic carbocycles. The van der Waals surface area contributed by atoms with Crippen LogP contribution in [0.5, 0.6) is 0 Å². The third-order valence-corrected chi connectivity index (χ3v) is 4.10. The van der Waals surface area contributed by atoms with Gasteiger partial charge < -0.3 is 9.42 Å². The Morgan fingerprint density at radius 2 is 2.05 bits per heavy atom. The van der Waals surface area contributed by atoms with E-state index in [9.17, 15) is 4.79 Å². The van der Waals surface area contributed by atoms with Gasteiger partial charge in [-0.25, -0.2) is 0 Å². The number of hydrogen-bond donors (Lipinski definition) is 0. The number of aryl methyl sites for hydroxylation is 1. The summed E-state index contributed by atoms with van der Waals surface area (Å²) in [6.45, 7) is 5.72. The maximum absolute atomic E-state index is 12.4. The summed E-state index contributed by atoms with van der Waals surface area (Å²) in [6.07, 6.45) is 3.28. The van der Waals surface area contributed by atoms with Gasteiger partial charge in [0.05, 0.1) is 17.8 Å². The average molecular weight is 365 g/mol. The second-order valence-electron chi connectivity index (χ2n) is 5.39. The molecule has 3 rings (SSSR count). The molecule has 22 heavy (non-hydrogen) atoms. The normalized spacial score (nSPS) is 16.0. The third-order valence-electron chi connectivity index (χ3n) is 3.67. The van der Waals surface area contributed by atoms with E-state index in [0.29, 0.717) is 18.7 Å². The van der Waals surface area contributed by atoms with Crippen LogP contribution < -0.4 is 0 Å². The van der Waals surface area contributed by atoms with Crippen molar-refractivity contribution in [2.75, 3.05) is 26.2 Å². The molecule has 1 amide bonds. The minimum atomic E-state index is 0.0314. The lowest BCUT2D eigenvalue weighted by Gasteiger charge is -2.34. The van der Waals surface area contributed by atoms with Crippen molar-refractivity contribution in [3.8, 4) is 0 Å². The van der Waals surface area contributed by atoms with Crippen molar-refractivity contribution in [3.63, 3.8) is 0 Å². The molecular weight excluding hydrogens is 348 g/mol. The van der Waals surface area contributed by atoms with E-state index in [1.807, 2.05) is 17.9 Å².